The molecular formula is C21H19ClN8O5. The van der Waals surface area contributed by atoms with Crippen molar-refractivity contribution >= 4 is 29.5 Å². The van der Waals surface area contributed by atoms with E-state index in [0.29, 0.717) is 33.4 Å². The van der Waals surface area contributed by atoms with Gasteiger partial charge in [0.15, 0.2) is 17.2 Å². The number of nitrogen functional groups attached to an aromatic ring is 1. The molecule has 2 heterocycles. The lowest BCUT2D eigenvalue weighted by atomic mass is 10.1. The second-order valence-corrected chi connectivity index (χ2v) is 7.18. The molecule has 4 aromatic rings. The first kappa shape index (κ1) is 23.5. The molecule has 0 atom stereocenters. The van der Waals surface area contributed by atoms with E-state index in [1.54, 1.807) is 36.4 Å². The first-order valence-corrected chi connectivity index (χ1v) is 10.3. The maximum atomic E-state index is 13.0. The normalized spacial score (nSPS) is 11.0. The van der Waals surface area contributed by atoms with Gasteiger partial charge in [0.2, 0.25) is 17.4 Å². The van der Waals surface area contributed by atoms with Crippen LogP contribution in [0, 0.1) is 0 Å². The molecular weight excluding hydrogens is 480 g/mol. The Balaban J connectivity index is 1.69. The van der Waals surface area contributed by atoms with Gasteiger partial charge in [-0.3, -0.25) is 4.79 Å². The fourth-order valence-corrected chi connectivity index (χ4v) is 3.48. The molecule has 0 aliphatic heterocycles. The largest absolute Gasteiger partial charge is 0.493 e. The number of hydrogen-bond acceptors (Lipinski definition) is 11. The van der Waals surface area contributed by atoms with Crippen molar-refractivity contribution in [1.82, 2.24) is 30.7 Å². The first-order chi connectivity index (χ1) is 17.0. The van der Waals surface area contributed by atoms with Crippen LogP contribution in [-0.4, -0.2) is 58.8 Å². The van der Waals surface area contributed by atoms with Crippen LogP contribution in [0.2, 0.25) is 5.02 Å². The van der Waals surface area contributed by atoms with Gasteiger partial charge in [0.05, 0.1) is 32.6 Å². The fourth-order valence-electron chi connectivity index (χ4n) is 3.26. The molecule has 13 nitrogen and oxygen atoms in total. The number of nitrogens with two attached hydrogens (primary N) is 1. The predicted octanol–water partition coefficient (Wildman–Crippen LogP) is 2.34. The highest BCUT2D eigenvalue weighted by Crippen LogP contribution is 2.39. The topological polar surface area (TPSA) is 165 Å². The Bertz CT molecular complexity index is 1400. The van der Waals surface area contributed by atoms with Crippen LogP contribution < -0.4 is 25.4 Å². The SMILES string of the molecule is COc1ccc(C=NNC(=O)c2nnn(-c3nonc3N)c2-c2ccccc2Cl)c(OC)c1OC. The minimum Gasteiger partial charge on any atom is -0.493 e. The number of halogens is 1. The van der Waals surface area contributed by atoms with Crippen LogP contribution in [0.25, 0.3) is 17.1 Å². The molecule has 0 saturated heterocycles. The summed E-state index contributed by atoms with van der Waals surface area (Å²) in [6, 6.07) is 10.2. The first-order valence-electron chi connectivity index (χ1n) is 9.91. The quantitative estimate of drug-likeness (QED) is 0.272. The van der Waals surface area contributed by atoms with Crippen LogP contribution in [0.3, 0.4) is 0 Å². The van der Waals surface area contributed by atoms with Crippen molar-refractivity contribution in [2.75, 3.05) is 27.1 Å². The zero-order valence-electron chi connectivity index (χ0n) is 18.7. The molecule has 14 heteroatoms. The number of anilines is 1. The molecule has 4 rings (SSSR count). The molecule has 0 aliphatic rings. The van der Waals surface area contributed by atoms with Gasteiger partial charge in [-0.25, -0.2) is 10.1 Å². The summed E-state index contributed by atoms with van der Waals surface area (Å²) in [7, 11) is 4.48. The number of rotatable bonds is 8. The molecule has 1 amide bonds. The Morgan fingerprint density at radius 1 is 1.11 bits per heavy atom. The van der Waals surface area contributed by atoms with Crippen molar-refractivity contribution in [3.63, 3.8) is 0 Å². The maximum Gasteiger partial charge on any atom is 0.294 e. The minimum absolute atomic E-state index is 0.0463. The Kier molecular flexibility index (Phi) is 6.78. The number of hydrazone groups is 1. The average Bonchev–Trinajstić information content (AvgIpc) is 3.49. The van der Waals surface area contributed by atoms with E-state index < -0.39 is 5.91 Å². The van der Waals surface area contributed by atoms with Gasteiger partial charge in [-0.05, 0) is 28.5 Å². The van der Waals surface area contributed by atoms with Crippen LogP contribution >= 0.6 is 11.6 Å². The fraction of sp³-hybridized carbons (Fsp3) is 0.143. The van der Waals surface area contributed by atoms with Crippen molar-refractivity contribution in [2.45, 2.75) is 0 Å². The summed E-state index contributed by atoms with van der Waals surface area (Å²) in [5, 5.41) is 19.6. The number of nitrogens with one attached hydrogen (secondary N) is 1. The van der Waals surface area contributed by atoms with E-state index in [1.807, 2.05) is 0 Å². The van der Waals surface area contributed by atoms with Gasteiger partial charge in [-0.2, -0.15) is 9.78 Å². The molecule has 2 aromatic heterocycles. The maximum absolute atomic E-state index is 13.0. The van der Waals surface area contributed by atoms with Gasteiger partial charge in [0.1, 0.15) is 5.69 Å². The molecule has 0 unspecified atom stereocenters. The van der Waals surface area contributed by atoms with Gasteiger partial charge in [-0.1, -0.05) is 35.0 Å². The summed E-state index contributed by atoms with van der Waals surface area (Å²) in [6.07, 6.45) is 1.39. The molecule has 0 spiro atoms. The Morgan fingerprint density at radius 2 is 1.89 bits per heavy atom. The van der Waals surface area contributed by atoms with Gasteiger partial charge >= 0.3 is 0 Å². The summed E-state index contributed by atoms with van der Waals surface area (Å²) in [5.74, 6) is 0.568. The molecule has 0 bridgehead atoms. The predicted molar refractivity (Wildman–Crippen MR) is 125 cm³/mol. The number of aromatic nitrogens is 5. The molecule has 180 valence electrons. The van der Waals surface area contributed by atoms with Crippen LogP contribution in [0.4, 0.5) is 5.82 Å². The summed E-state index contributed by atoms with van der Waals surface area (Å²) in [6.45, 7) is 0. The lowest BCUT2D eigenvalue weighted by molar-refractivity contribution is 0.0950. The van der Waals surface area contributed by atoms with Gasteiger partial charge < -0.3 is 19.9 Å². The number of hydrogen-bond donors (Lipinski definition) is 2. The number of carbonyl (C=O) groups is 1. The highest BCUT2D eigenvalue weighted by atomic mass is 35.5. The van der Waals surface area contributed by atoms with E-state index in [9.17, 15) is 4.79 Å². The monoisotopic (exact) mass is 498 g/mol. The van der Waals surface area contributed by atoms with Crippen LogP contribution in [0.1, 0.15) is 16.1 Å². The van der Waals surface area contributed by atoms with Crippen molar-refractivity contribution in [2.24, 2.45) is 5.10 Å². The van der Waals surface area contributed by atoms with E-state index in [2.05, 4.69) is 35.8 Å². The van der Waals surface area contributed by atoms with Crippen LogP contribution in [0.15, 0.2) is 46.1 Å². The highest BCUT2D eigenvalue weighted by molar-refractivity contribution is 6.33. The van der Waals surface area contributed by atoms with Gasteiger partial charge in [-0.15, -0.1) is 5.10 Å². The lowest BCUT2D eigenvalue weighted by Crippen LogP contribution is -2.19. The summed E-state index contributed by atoms with van der Waals surface area (Å²) in [5.41, 5.74) is 9.35. The third-order valence-corrected chi connectivity index (χ3v) is 5.14. The van der Waals surface area contributed by atoms with Crippen LogP contribution in [-0.2, 0) is 0 Å². The Labute approximate surface area is 203 Å². The highest BCUT2D eigenvalue weighted by Gasteiger charge is 2.26. The van der Waals surface area contributed by atoms with E-state index in [-0.39, 0.29) is 23.0 Å². The number of nitrogens with zero attached hydrogens (tertiary/aromatic N) is 6. The minimum atomic E-state index is -0.670. The number of amides is 1. The molecule has 0 fully saturated rings. The number of carbonyl (C=O) groups excluding carboxylic acids is 1. The second-order valence-electron chi connectivity index (χ2n) is 6.77. The standard InChI is InChI=1S/C21H19ClN8O5/c1-32-14-9-8-11(17(33-2)18(14)34-3)10-24-26-21(31)15-16(12-6-4-5-7-13(12)22)30(29-25-15)20-19(23)27-35-28-20/h4-10H,1-3H3,(H2,23,27)(H,26,31). The molecule has 2 aromatic carbocycles. The van der Waals surface area contributed by atoms with Crippen molar-refractivity contribution in [3.05, 3.63) is 52.7 Å². The van der Waals surface area contributed by atoms with E-state index >= 15 is 0 Å². The van der Waals surface area contributed by atoms with Crippen molar-refractivity contribution < 1.29 is 23.6 Å². The Morgan fingerprint density at radius 3 is 2.54 bits per heavy atom. The van der Waals surface area contributed by atoms with Crippen molar-refractivity contribution in [3.8, 4) is 34.3 Å². The molecule has 0 aliphatic carbocycles. The zero-order chi connectivity index (χ0) is 24.9. The second kappa shape index (κ2) is 10.1. The summed E-state index contributed by atoms with van der Waals surface area (Å²) in [4.78, 5) is 13.0. The summed E-state index contributed by atoms with van der Waals surface area (Å²) >= 11 is 6.38. The number of benzene rings is 2. The third kappa shape index (κ3) is 4.44. The van der Waals surface area contributed by atoms with Crippen LogP contribution in [0.5, 0.6) is 17.2 Å². The molecule has 35 heavy (non-hydrogen) atoms. The Hall–Kier alpha value is -4.65. The van der Waals surface area contributed by atoms with Gasteiger partial charge in [0.25, 0.3) is 5.91 Å². The zero-order valence-corrected chi connectivity index (χ0v) is 19.5. The van der Waals surface area contributed by atoms with Gasteiger partial charge in [0, 0.05) is 11.1 Å². The van der Waals surface area contributed by atoms with E-state index in [4.69, 9.17) is 31.5 Å². The summed E-state index contributed by atoms with van der Waals surface area (Å²) < 4.78 is 21.9. The average molecular weight is 499 g/mol. The van der Waals surface area contributed by atoms with Crippen molar-refractivity contribution in [1.29, 1.82) is 0 Å². The molecule has 0 saturated carbocycles. The molecule has 3 N–H and O–H groups in total. The number of ether oxygens (including phenoxy) is 3. The van der Waals surface area contributed by atoms with E-state index in [1.165, 1.54) is 32.2 Å². The number of methoxy groups -OCH3 is 3. The molecule has 0 radical (unpaired) electrons. The lowest BCUT2D eigenvalue weighted by Gasteiger charge is -2.13. The smallest absolute Gasteiger partial charge is 0.294 e. The van der Waals surface area contributed by atoms with E-state index in [0.717, 1.165) is 0 Å². The third-order valence-electron chi connectivity index (χ3n) is 4.81.